The maximum atomic E-state index is 3.21. The highest BCUT2D eigenvalue weighted by Gasteiger charge is 2.08. The highest BCUT2D eigenvalue weighted by atomic mass is 15.0. The molecule has 98 valence electrons. The molecule has 0 aliphatic heterocycles. The van der Waals surface area contributed by atoms with Crippen molar-refractivity contribution >= 4 is 21.8 Å². The van der Waals surface area contributed by atoms with Gasteiger partial charge in [-0.1, -0.05) is 36.4 Å². The fourth-order valence-electron chi connectivity index (χ4n) is 2.82. The Morgan fingerprint density at radius 2 is 1.42 bits per heavy atom. The minimum Gasteiger partial charge on any atom is -0.340 e. The SMILES string of the molecule is CNCCCCn1c2ccccc2c2ccccc21. The molecule has 1 aromatic heterocycles. The number of rotatable bonds is 5. The zero-order valence-electron chi connectivity index (χ0n) is 11.4. The van der Waals surface area contributed by atoms with Crippen molar-refractivity contribution in [2.24, 2.45) is 0 Å². The van der Waals surface area contributed by atoms with Crippen LogP contribution >= 0.6 is 0 Å². The maximum absolute atomic E-state index is 3.21. The van der Waals surface area contributed by atoms with Gasteiger partial charge in [0, 0.05) is 28.4 Å². The third-order valence-corrected chi connectivity index (χ3v) is 3.74. The number of nitrogens with one attached hydrogen (secondary N) is 1. The molecule has 2 aromatic carbocycles. The van der Waals surface area contributed by atoms with Crippen LogP contribution in [0.3, 0.4) is 0 Å². The van der Waals surface area contributed by atoms with Gasteiger partial charge in [-0.05, 0) is 38.6 Å². The van der Waals surface area contributed by atoms with Crippen LogP contribution in [-0.4, -0.2) is 18.2 Å². The lowest BCUT2D eigenvalue weighted by molar-refractivity contribution is 0.612. The largest absolute Gasteiger partial charge is 0.340 e. The summed E-state index contributed by atoms with van der Waals surface area (Å²) in [6.07, 6.45) is 2.43. The molecule has 0 amide bonds. The molecule has 1 N–H and O–H groups in total. The van der Waals surface area contributed by atoms with Gasteiger partial charge in [0.25, 0.3) is 0 Å². The minimum atomic E-state index is 1.09. The summed E-state index contributed by atoms with van der Waals surface area (Å²) in [4.78, 5) is 0. The minimum absolute atomic E-state index is 1.09. The van der Waals surface area contributed by atoms with Gasteiger partial charge in [-0.15, -0.1) is 0 Å². The van der Waals surface area contributed by atoms with Crippen molar-refractivity contribution in [2.75, 3.05) is 13.6 Å². The van der Waals surface area contributed by atoms with Crippen molar-refractivity contribution < 1.29 is 0 Å². The highest BCUT2D eigenvalue weighted by molar-refractivity contribution is 6.07. The van der Waals surface area contributed by atoms with Gasteiger partial charge in [0.2, 0.25) is 0 Å². The molecule has 0 unspecified atom stereocenters. The molecule has 0 fully saturated rings. The van der Waals surface area contributed by atoms with Gasteiger partial charge in [0.1, 0.15) is 0 Å². The number of fused-ring (bicyclic) bond motifs is 3. The molecular formula is C17H20N2. The molecule has 1 heterocycles. The number of aromatic nitrogens is 1. The smallest absolute Gasteiger partial charge is 0.0491 e. The standard InChI is InChI=1S/C17H20N2/c1-18-12-6-7-13-19-16-10-4-2-8-14(16)15-9-3-5-11-17(15)19/h2-5,8-11,18H,6-7,12-13H2,1H3. The van der Waals surface area contributed by atoms with Crippen LogP contribution in [0.4, 0.5) is 0 Å². The van der Waals surface area contributed by atoms with Crippen LogP contribution in [0.15, 0.2) is 48.5 Å². The van der Waals surface area contributed by atoms with E-state index in [2.05, 4.69) is 58.4 Å². The molecule has 3 rings (SSSR count). The van der Waals surface area contributed by atoms with E-state index >= 15 is 0 Å². The van der Waals surface area contributed by atoms with E-state index in [-0.39, 0.29) is 0 Å². The second-order valence-electron chi connectivity index (χ2n) is 5.00. The van der Waals surface area contributed by atoms with Crippen molar-refractivity contribution in [1.82, 2.24) is 9.88 Å². The Morgan fingerprint density at radius 1 is 0.842 bits per heavy atom. The summed E-state index contributed by atoms with van der Waals surface area (Å²) in [5, 5.41) is 5.95. The van der Waals surface area contributed by atoms with Crippen molar-refractivity contribution in [3.63, 3.8) is 0 Å². The van der Waals surface area contributed by atoms with Crippen LogP contribution < -0.4 is 5.32 Å². The first-order valence-electron chi connectivity index (χ1n) is 7.02. The van der Waals surface area contributed by atoms with Crippen LogP contribution in [0.1, 0.15) is 12.8 Å². The van der Waals surface area contributed by atoms with E-state index in [1.165, 1.54) is 34.6 Å². The second-order valence-corrected chi connectivity index (χ2v) is 5.00. The fourth-order valence-corrected chi connectivity index (χ4v) is 2.82. The lowest BCUT2D eigenvalue weighted by atomic mass is 10.2. The summed E-state index contributed by atoms with van der Waals surface area (Å²) in [7, 11) is 2.01. The number of para-hydroxylation sites is 2. The molecule has 0 aliphatic rings. The second kappa shape index (κ2) is 5.45. The third kappa shape index (κ3) is 2.24. The van der Waals surface area contributed by atoms with Gasteiger partial charge < -0.3 is 9.88 Å². The van der Waals surface area contributed by atoms with Crippen LogP contribution in [-0.2, 0) is 6.54 Å². The lowest BCUT2D eigenvalue weighted by Gasteiger charge is -2.07. The molecule has 0 saturated heterocycles. The van der Waals surface area contributed by atoms with Gasteiger partial charge in [-0.3, -0.25) is 0 Å². The number of hydrogen-bond donors (Lipinski definition) is 1. The Bertz CT molecular complexity index is 629. The van der Waals surface area contributed by atoms with Gasteiger partial charge in [-0.25, -0.2) is 0 Å². The maximum Gasteiger partial charge on any atom is 0.0491 e. The van der Waals surface area contributed by atoms with Crippen molar-refractivity contribution in [1.29, 1.82) is 0 Å². The summed E-state index contributed by atoms with van der Waals surface area (Å²) < 4.78 is 2.46. The van der Waals surface area contributed by atoms with Crippen LogP contribution in [0, 0.1) is 0 Å². The number of hydrogen-bond acceptors (Lipinski definition) is 1. The van der Waals surface area contributed by atoms with E-state index in [0.717, 1.165) is 13.1 Å². The van der Waals surface area contributed by atoms with Gasteiger partial charge in [0.15, 0.2) is 0 Å². The summed E-state index contributed by atoms with van der Waals surface area (Å²) in [6.45, 7) is 2.19. The first kappa shape index (κ1) is 12.2. The van der Waals surface area contributed by atoms with E-state index in [9.17, 15) is 0 Å². The van der Waals surface area contributed by atoms with Crippen molar-refractivity contribution in [3.05, 3.63) is 48.5 Å². The molecular weight excluding hydrogens is 232 g/mol. The number of benzene rings is 2. The monoisotopic (exact) mass is 252 g/mol. The normalized spacial score (nSPS) is 11.4. The number of unbranched alkanes of at least 4 members (excludes halogenated alkanes) is 1. The van der Waals surface area contributed by atoms with Crippen LogP contribution in [0.2, 0.25) is 0 Å². The number of aryl methyl sites for hydroxylation is 1. The first-order valence-corrected chi connectivity index (χ1v) is 7.02. The van der Waals surface area contributed by atoms with E-state index < -0.39 is 0 Å². The molecule has 2 nitrogen and oxygen atoms in total. The zero-order valence-corrected chi connectivity index (χ0v) is 11.4. The average molecular weight is 252 g/mol. The van der Waals surface area contributed by atoms with E-state index in [4.69, 9.17) is 0 Å². The van der Waals surface area contributed by atoms with Crippen LogP contribution in [0.25, 0.3) is 21.8 Å². The zero-order chi connectivity index (χ0) is 13.1. The summed E-state index contributed by atoms with van der Waals surface area (Å²) in [5.74, 6) is 0. The van der Waals surface area contributed by atoms with E-state index in [1.54, 1.807) is 0 Å². The van der Waals surface area contributed by atoms with Gasteiger partial charge in [0.05, 0.1) is 0 Å². The molecule has 0 saturated carbocycles. The summed E-state index contributed by atoms with van der Waals surface area (Å²) >= 11 is 0. The molecule has 0 aliphatic carbocycles. The Kier molecular flexibility index (Phi) is 3.51. The highest BCUT2D eigenvalue weighted by Crippen LogP contribution is 2.28. The molecule has 0 spiro atoms. The Morgan fingerprint density at radius 3 is 2.00 bits per heavy atom. The molecule has 3 aromatic rings. The first-order chi connectivity index (χ1) is 9.42. The molecule has 2 heteroatoms. The molecule has 0 radical (unpaired) electrons. The Labute approximate surface area is 114 Å². The molecule has 19 heavy (non-hydrogen) atoms. The van der Waals surface area contributed by atoms with E-state index in [1.807, 2.05) is 7.05 Å². The predicted octanol–water partition coefficient (Wildman–Crippen LogP) is 3.79. The quantitative estimate of drug-likeness (QED) is 0.684. The molecule has 0 bridgehead atoms. The number of nitrogens with zero attached hydrogens (tertiary/aromatic N) is 1. The van der Waals surface area contributed by atoms with Gasteiger partial charge >= 0.3 is 0 Å². The predicted molar refractivity (Wildman–Crippen MR) is 82.6 cm³/mol. The lowest BCUT2D eigenvalue weighted by Crippen LogP contribution is -2.08. The van der Waals surface area contributed by atoms with Crippen molar-refractivity contribution in [2.45, 2.75) is 19.4 Å². The van der Waals surface area contributed by atoms with Gasteiger partial charge in [-0.2, -0.15) is 0 Å². The molecule has 0 atom stereocenters. The van der Waals surface area contributed by atoms with Crippen LogP contribution in [0.5, 0.6) is 0 Å². The Hall–Kier alpha value is -1.80. The average Bonchev–Trinajstić information content (AvgIpc) is 2.78. The summed E-state index contributed by atoms with van der Waals surface area (Å²) in [5.41, 5.74) is 2.71. The topological polar surface area (TPSA) is 17.0 Å². The Balaban J connectivity index is 2.04. The van der Waals surface area contributed by atoms with E-state index in [0.29, 0.717) is 0 Å². The van der Waals surface area contributed by atoms with Crippen molar-refractivity contribution in [3.8, 4) is 0 Å². The fraction of sp³-hybridized carbons (Fsp3) is 0.294. The summed E-state index contributed by atoms with van der Waals surface area (Å²) in [6, 6.07) is 17.4. The third-order valence-electron chi connectivity index (χ3n) is 3.74.